The number of carbonyl (C=O) groups excluding carboxylic acids is 2. The lowest BCUT2D eigenvalue weighted by molar-refractivity contribution is -0.136. The Morgan fingerprint density at radius 1 is 0.810 bits per heavy atom. The van der Waals surface area contributed by atoms with Gasteiger partial charge in [-0.05, 0) is 68.2 Å². The molecular weight excluding hydrogens is 520 g/mol. The van der Waals surface area contributed by atoms with Crippen molar-refractivity contribution < 1.29 is 14.3 Å². The molecule has 1 aromatic carbocycles. The number of unbranched alkanes of at least 4 members (excludes halogenated alkanes) is 11. The second-order valence-corrected chi connectivity index (χ2v) is 13.9. The molecule has 1 amide bonds. The minimum Gasteiger partial charge on any atom is -0.493 e. The summed E-state index contributed by atoms with van der Waals surface area (Å²) in [5.41, 5.74) is 7.35. The number of likely N-dealkylation sites (N-methyl/N-ethyl adjacent to an activating group) is 1. The number of benzene rings is 1. The van der Waals surface area contributed by atoms with Gasteiger partial charge in [0.15, 0.2) is 5.54 Å². The van der Waals surface area contributed by atoms with Gasteiger partial charge in [-0.3, -0.25) is 9.69 Å². The normalized spacial score (nSPS) is 13.7. The highest BCUT2D eigenvalue weighted by molar-refractivity contribution is 6.00. The molecule has 1 rings (SSSR count). The number of hydrogen-bond donors (Lipinski definition) is 1. The second-order valence-electron chi connectivity index (χ2n) is 13.9. The molecule has 0 heterocycles. The minimum atomic E-state index is -1.22. The molecule has 1 unspecified atom stereocenters. The standard InChI is InChI=1S/C37H66N2O3/c1-9-12-13-14-15-16-17-18-19-20-21-26-37(30-40,34(38)41)39(8)27-22-23-28-42-33-25-24-31(35(4,5)10-2)29-32(33)36(6,7)11-3/h24-25,29-30H,9-23,26-28H2,1-8H3,(H2,38,41). The molecule has 0 saturated carbocycles. The van der Waals surface area contributed by atoms with Crippen molar-refractivity contribution in [3.05, 3.63) is 29.3 Å². The maximum Gasteiger partial charge on any atom is 0.245 e. The molecule has 5 heteroatoms. The average molecular weight is 587 g/mol. The number of hydrogen-bond acceptors (Lipinski definition) is 4. The maximum absolute atomic E-state index is 12.5. The van der Waals surface area contributed by atoms with Crippen LogP contribution in [0.2, 0.25) is 0 Å². The second kappa shape index (κ2) is 19.4. The molecule has 0 aliphatic carbocycles. The van der Waals surface area contributed by atoms with Crippen molar-refractivity contribution in [3.8, 4) is 5.75 Å². The summed E-state index contributed by atoms with van der Waals surface area (Å²) < 4.78 is 6.33. The van der Waals surface area contributed by atoms with Crippen LogP contribution >= 0.6 is 0 Å². The van der Waals surface area contributed by atoms with E-state index in [-0.39, 0.29) is 10.8 Å². The number of nitrogens with two attached hydrogens (primary N) is 1. The van der Waals surface area contributed by atoms with Crippen molar-refractivity contribution >= 4 is 12.2 Å². The summed E-state index contributed by atoms with van der Waals surface area (Å²) in [6.07, 6.45) is 18.6. The lowest BCUT2D eigenvalue weighted by Crippen LogP contribution is -2.57. The smallest absolute Gasteiger partial charge is 0.245 e. The van der Waals surface area contributed by atoms with E-state index in [1.165, 1.54) is 62.5 Å². The molecular formula is C37H66N2O3. The molecule has 242 valence electrons. The van der Waals surface area contributed by atoms with Crippen LogP contribution in [-0.4, -0.2) is 42.8 Å². The van der Waals surface area contributed by atoms with Gasteiger partial charge in [0, 0.05) is 5.56 Å². The number of primary amides is 1. The lowest BCUT2D eigenvalue weighted by Gasteiger charge is -2.34. The largest absolute Gasteiger partial charge is 0.493 e. The number of rotatable bonds is 25. The Morgan fingerprint density at radius 2 is 1.36 bits per heavy atom. The topological polar surface area (TPSA) is 72.6 Å². The molecule has 0 fully saturated rings. The van der Waals surface area contributed by atoms with Gasteiger partial charge in [0.05, 0.1) is 6.61 Å². The van der Waals surface area contributed by atoms with Crippen molar-refractivity contribution in [1.82, 2.24) is 4.90 Å². The molecule has 0 aromatic heterocycles. The zero-order chi connectivity index (χ0) is 31.7. The Balaban J connectivity index is 2.58. The van der Waals surface area contributed by atoms with Crippen LogP contribution in [0.4, 0.5) is 0 Å². The Morgan fingerprint density at radius 3 is 1.86 bits per heavy atom. The van der Waals surface area contributed by atoms with Gasteiger partial charge in [0.2, 0.25) is 5.91 Å². The maximum atomic E-state index is 12.5. The third-order valence-corrected chi connectivity index (χ3v) is 9.87. The van der Waals surface area contributed by atoms with E-state index in [1.54, 1.807) is 0 Å². The molecule has 0 saturated heterocycles. The van der Waals surface area contributed by atoms with E-state index < -0.39 is 11.4 Å². The summed E-state index contributed by atoms with van der Waals surface area (Å²) in [5, 5.41) is 0. The Labute approximate surface area is 259 Å². The summed E-state index contributed by atoms with van der Waals surface area (Å²) in [6, 6.07) is 6.70. The zero-order valence-electron chi connectivity index (χ0n) is 28.8. The van der Waals surface area contributed by atoms with Crippen LogP contribution < -0.4 is 10.5 Å². The van der Waals surface area contributed by atoms with Gasteiger partial charge in [-0.15, -0.1) is 0 Å². The summed E-state index contributed by atoms with van der Waals surface area (Å²) >= 11 is 0. The predicted octanol–water partition coefficient (Wildman–Crippen LogP) is 9.28. The van der Waals surface area contributed by atoms with E-state index >= 15 is 0 Å². The van der Waals surface area contributed by atoms with Crippen molar-refractivity contribution in [2.24, 2.45) is 5.73 Å². The molecule has 5 nitrogen and oxygen atoms in total. The highest BCUT2D eigenvalue weighted by Gasteiger charge is 2.39. The third kappa shape index (κ3) is 12.0. The van der Waals surface area contributed by atoms with Gasteiger partial charge in [0.1, 0.15) is 12.0 Å². The van der Waals surface area contributed by atoms with E-state index in [1.807, 2.05) is 11.9 Å². The first-order valence-electron chi connectivity index (χ1n) is 17.2. The van der Waals surface area contributed by atoms with Crippen LogP contribution in [0, 0.1) is 0 Å². The van der Waals surface area contributed by atoms with Gasteiger partial charge in [-0.1, -0.05) is 131 Å². The molecule has 0 aliphatic heterocycles. The quantitative estimate of drug-likeness (QED) is 0.0704. The van der Waals surface area contributed by atoms with Crippen molar-refractivity contribution in [2.75, 3.05) is 20.2 Å². The number of aldehydes is 1. The SMILES string of the molecule is CCCCCCCCCCCCCC(C=O)(C(N)=O)N(C)CCCCOc1ccc(C(C)(C)CC)cc1C(C)(C)CC. The van der Waals surface area contributed by atoms with Crippen LogP contribution in [0.3, 0.4) is 0 Å². The first-order valence-corrected chi connectivity index (χ1v) is 17.2. The fourth-order valence-corrected chi connectivity index (χ4v) is 5.60. The number of amides is 1. The van der Waals surface area contributed by atoms with Gasteiger partial charge >= 0.3 is 0 Å². The molecule has 42 heavy (non-hydrogen) atoms. The van der Waals surface area contributed by atoms with Gasteiger partial charge in [0.25, 0.3) is 0 Å². The Hall–Kier alpha value is -1.88. The molecule has 0 aliphatic rings. The molecule has 1 atom stereocenters. The molecule has 1 aromatic rings. The zero-order valence-corrected chi connectivity index (χ0v) is 28.8. The minimum absolute atomic E-state index is 0.0225. The fourth-order valence-electron chi connectivity index (χ4n) is 5.60. The number of carbonyl (C=O) groups is 2. The Kier molecular flexibility index (Phi) is 17.6. The summed E-state index contributed by atoms with van der Waals surface area (Å²) in [5.74, 6) is 0.423. The summed E-state index contributed by atoms with van der Waals surface area (Å²) in [6.45, 7) is 17.1. The van der Waals surface area contributed by atoms with Gasteiger partial charge in [-0.25, -0.2) is 0 Å². The highest BCUT2D eigenvalue weighted by atomic mass is 16.5. The summed E-state index contributed by atoms with van der Waals surface area (Å²) in [7, 11) is 1.86. The first kappa shape index (κ1) is 38.1. The van der Waals surface area contributed by atoms with E-state index in [9.17, 15) is 9.59 Å². The Bertz CT molecular complexity index is 910. The van der Waals surface area contributed by atoms with Crippen LogP contribution in [-0.2, 0) is 20.4 Å². The van der Waals surface area contributed by atoms with Gasteiger partial charge < -0.3 is 15.3 Å². The number of ether oxygens (including phenoxy) is 1. The van der Waals surface area contributed by atoms with Crippen molar-refractivity contribution in [1.29, 1.82) is 0 Å². The lowest BCUT2D eigenvalue weighted by atomic mass is 9.76. The molecule has 0 radical (unpaired) electrons. The van der Waals surface area contributed by atoms with E-state index in [0.717, 1.165) is 57.0 Å². The van der Waals surface area contributed by atoms with Gasteiger partial charge in [-0.2, -0.15) is 0 Å². The van der Waals surface area contributed by atoms with Crippen molar-refractivity contribution in [2.45, 2.75) is 168 Å². The van der Waals surface area contributed by atoms with E-state index in [4.69, 9.17) is 10.5 Å². The monoisotopic (exact) mass is 587 g/mol. The van der Waals surface area contributed by atoms with Crippen LogP contribution in [0.1, 0.15) is 162 Å². The average Bonchev–Trinajstić information content (AvgIpc) is 2.97. The fraction of sp³-hybridized carbons (Fsp3) is 0.784. The van der Waals surface area contributed by atoms with E-state index in [0.29, 0.717) is 19.6 Å². The van der Waals surface area contributed by atoms with Crippen LogP contribution in [0.5, 0.6) is 5.75 Å². The molecule has 0 spiro atoms. The summed E-state index contributed by atoms with van der Waals surface area (Å²) in [4.78, 5) is 26.6. The third-order valence-electron chi connectivity index (χ3n) is 9.87. The first-order chi connectivity index (χ1) is 19.9. The van der Waals surface area contributed by atoms with Crippen LogP contribution in [0.15, 0.2) is 18.2 Å². The predicted molar refractivity (Wildman–Crippen MR) is 180 cm³/mol. The number of nitrogens with zero attached hydrogens (tertiary/aromatic N) is 1. The van der Waals surface area contributed by atoms with Crippen LogP contribution in [0.25, 0.3) is 0 Å². The molecule has 2 N–H and O–H groups in total. The molecule has 0 bridgehead atoms. The van der Waals surface area contributed by atoms with E-state index in [2.05, 4.69) is 66.7 Å². The van der Waals surface area contributed by atoms with Crippen molar-refractivity contribution in [3.63, 3.8) is 0 Å². The highest BCUT2D eigenvalue weighted by Crippen LogP contribution is 2.38.